The molecule has 0 atom stereocenters. The van der Waals surface area contributed by atoms with Crippen molar-refractivity contribution in [3.05, 3.63) is 53.5 Å². The van der Waals surface area contributed by atoms with Crippen molar-refractivity contribution in [2.45, 2.75) is 32.8 Å². The molecule has 0 aliphatic heterocycles. The van der Waals surface area contributed by atoms with Crippen molar-refractivity contribution in [2.24, 2.45) is 5.84 Å². The maximum Gasteiger partial charge on any atom is 0.268 e. The molecule has 2 rings (SSSR count). The zero-order valence-electron chi connectivity index (χ0n) is 12.1. The van der Waals surface area contributed by atoms with Gasteiger partial charge in [-0.1, -0.05) is 25.5 Å². The van der Waals surface area contributed by atoms with Crippen LogP contribution in [0, 0.1) is 0 Å². The van der Waals surface area contributed by atoms with Gasteiger partial charge in [-0.25, -0.2) is 5.84 Å². The highest BCUT2D eigenvalue weighted by molar-refractivity contribution is 5.93. The van der Waals surface area contributed by atoms with E-state index in [1.165, 1.54) is 24.7 Å². The molecule has 0 spiro atoms. The average molecular weight is 288 g/mol. The minimum absolute atomic E-state index is 0.270. The Bertz CT molecular complexity index is 575. The SMILES string of the molecule is CCCCc1ccc(OCc2cc(C(=O)NN)co2)cc1. The summed E-state index contributed by atoms with van der Waals surface area (Å²) >= 11 is 0. The van der Waals surface area contributed by atoms with Gasteiger partial charge in [0.1, 0.15) is 24.4 Å². The van der Waals surface area contributed by atoms with Crippen molar-refractivity contribution in [2.75, 3.05) is 0 Å². The number of hydrogen-bond donors (Lipinski definition) is 2. The number of rotatable bonds is 7. The van der Waals surface area contributed by atoms with Crippen LogP contribution in [-0.4, -0.2) is 5.91 Å². The number of amides is 1. The smallest absolute Gasteiger partial charge is 0.268 e. The first-order valence-corrected chi connectivity index (χ1v) is 7.03. The van der Waals surface area contributed by atoms with Crippen LogP contribution in [0.1, 0.15) is 41.4 Å². The van der Waals surface area contributed by atoms with Crippen LogP contribution in [0.5, 0.6) is 5.75 Å². The number of carbonyl (C=O) groups excluding carboxylic acids is 1. The third-order valence-electron chi connectivity index (χ3n) is 3.17. The third kappa shape index (κ3) is 4.36. The van der Waals surface area contributed by atoms with Crippen LogP contribution in [0.2, 0.25) is 0 Å². The van der Waals surface area contributed by atoms with Crippen LogP contribution >= 0.6 is 0 Å². The summed E-state index contributed by atoms with van der Waals surface area (Å²) in [5, 5.41) is 0. The predicted molar refractivity (Wildman–Crippen MR) is 79.7 cm³/mol. The van der Waals surface area contributed by atoms with Crippen molar-refractivity contribution in [1.29, 1.82) is 0 Å². The van der Waals surface area contributed by atoms with E-state index < -0.39 is 0 Å². The van der Waals surface area contributed by atoms with Crippen LogP contribution in [0.25, 0.3) is 0 Å². The monoisotopic (exact) mass is 288 g/mol. The van der Waals surface area contributed by atoms with Gasteiger partial charge < -0.3 is 9.15 Å². The highest BCUT2D eigenvalue weighted by Crippen LogP contribution is 2.16. The Hall–Kier alpha value is -2.27. The van der Waals surface area contributed by atoms with E-state index in [0.717, 1.165) is 12.2 Å². The number of nitrogen functional groups attached to an aromatic ring is 1. The van der Waals surface area contributed by atoms with Gasteiger partial charge in [0, 0.05) is 0 Å². The van der Waals surface area contributed by atoms with Crippen molar-refractivity contribution >= 4 is 5.91 Å². The van der Waals surface area contributed by atoms with Gasteiger partial charge in [-0.3, -0.25) is 10.2 Å². The zero-order valence-corrected chi connectivity index (χ0v) is 12.1. The number of aryl methyl sites for hydroxylation is 1. The van der Waals surface area contributed by atoms with E-state index in [0.29, 0.717) is 11.3 Å². The molecule has 21 heavy (non-hydrogen) atoms. The number of carbonyl (C=O) groups is 1. The van der Waals surface area contributed by atoms with E-state index in [9.17, 15) is 4.79 Å². The second kappa shape index (κ2) is 7.50. The number of unbranched alkanes of at least 4 members (excludes halogenated alkanes) is 1. The minimum Gasteiger partial charge on any atom is -0.486 e. The van der Waals surface area contributed by atoms with Crippen molar-refractivity contribution in [1.82, 2.24) is 5.43 Å². The summed E-state index contributed by atoms with van der Waals surface area (Å²) in [4.78, 5) is 11.3. The van der Waals surface area contributed by atoms with Gasteiger partial charge in [0.15, 0.2) is 0 Å². The molecular formula is C16H20N2O3. The summed E-state index contributed by atoms with van der Waals surface area (Å²) in [6.07, 6.45) is 4.83. The molecule has 1 aromatic carbocycles. The topological polar surface area (TPSA) is 77.5 Å². The maximum atomic E-state index is 11.3. The zero-order chi connectivity index (χ0) is 15.1. The Kier molecular flexibility index (Phi) is 5.40. The quantitative estimate of drug-likeness (QED) is 0.466. The molecule has 5 heteroatoms. The Morgan fingerprint density at radius 3 is 2.76 bits per heavy atom. The van der Waals surface area contributed by atoms with Gasteiger partial charge in [0.05, 0.1) is 5.56 Å². The molecule has 1 amide bonds. The second-order valence-electron chi connectivity index (χ2n) is 4.81. The van der Waals surface area contributed by atoms with Gasteiger partial charge in [-0.05, 0) is 36.6 Å². The summed E-state index contributed by atoms with van der Waals surface area (Å²) in [5.74, 6) is 6.02. The molecule has 5 nitrogen and oxygen atoms in total. The molecular weight excluding hydrogens is 268 g/mol. The fraction of sp³-hybridized carbons (Fsp3) is 0.312. The van der Waals surface area contributed by atoms with Crippen LogP contribution in [0.15, 0.2) is 41.0 Å². The van der Waals surface area contributed by atoms with Gasteiger partial charge in [0.25, 0.3) is 5.91 Å². The summed E-state index contributed by atoms with van der Waals surface area (Å²) in [7, 11) is 0. The molecule has 0 bridgehead atoms. The summed E-state index contributed by atoms with van der Waals surface area (Å²) < 4.78 is 10.9. The summed E-state index contributed by atoms with van der Waals surface area (Å²) in [6, 6.07) is 9.64. The number of hydrazine groups is 1. The van der Waals surface area contributed by atoms with Crippen LogP contribution in [0.4, 0.5) is 0 Å². The van der Waals surface area contributed by atoms with E-state index in [2.05, 4.69) is 24.5 Å². The molecule has 0 saturated heterocycles. The number of nitrogens with one attached hydrogen (secondary N) is 1. The molecule has 0 aliphatic carbocycles. The largest absolute Gasteiger partial charge is 0.486 e. The molecule has 1 aromatic heterocycles. The number of hydrogen-bond acceptors (Lipinski definition) is 4. The standard InChI is InChI=1S/C16H20N2O3/c1-2-3-4-12-5-7-14(8-6-12)21-11-15-9-13(10-20-15)16(19)18-17/h5-10H,2-4,11,17H2,1H3,(H,18,19). The van der Waals surface area contributed by atoms with Gasteiger partial charge in [0.2, 0.25) is 0 Å². The molecule has 2 aromatic rings. The lowest BCUT2D eigenvalue weighted by Gasteiger charge is -2.05. The van der Waals surface area contributed by atoms with E-state index >= 15 is 0 Å². The first kappa shape index (κ1) is 15.1. The van der Waals surface area contributed by atoms with E-state index in [4.69, 9.17) is 15.0 Å². The first-order chi connectivity index (χ1) is 10.2. The molecule has 0 unspecified atom stereocenters. The minimum atomic E-state index is -0.384. The number of benzene rings is 1. The molecule has 0 saturated carbocycles. The van der Waals surface area contributed by atoms with Crippen molar-refractivity contribution in [3.8, 4) is 5.75 Å². The summed E-state index contributed by atoms with van der Waals surface area (Å²) in [5.41, 5.74) is 3.74. The molecule has 0 fully saturated rings. The van der Waals surface area contributed by atoms with Gasteiger partial charge >= 0.3 is 0 Å². The lowest BCUT2D eigenvalue weighted by molar-refractivity contribution is 0.0953. The fourth-order valence-corrected chi connectivity index (χ4v) is 1.95. The number of furan rings is 1. The van der Waals surface area contributed by atoms with Gasteiger partial charge in [-0.15, -0.1) is 0 Å². The van der Waals surface area contributed by atoms with Crippen molar-refractivity contribution in [3.63, 3.8) is 0 Å². The van der Waals surface area contributed by atoms with Crippen LogP contribution in [-0.2, 0) is 13.0 Å². The van der Waals surface area contributed by atoms with Crippen molar-refractivity contribution < 1.29 is 13.9 Å². The second-order valence-corrected chi connectivity index (χ2v) is 4.81. The predicted octanol–water partition coefficient (Wildman–Crippen LogP) is 2.80. The molecule has 3 N–H and O–H groups in total. The highest BCUT2D eigenvalue weighted by atomic mass is 16.5. The first-order valence-electron chi connectivity index (χ1n) is 7.03. The maximum absolute atomic E-state index is 11.3. The highest BCUT2D eigenvalue weighted by Gasteiger charge is 2.09. The molecule has 1 heterocycles. The fourth-order valence-electron chi connectivity index (χ4n) is 1.95. The third-order valence-corrected chi connectivity index (χ3v) is 3.17. The lowest BCUT2D eigenvalue weighted by Crippen LogP contribution is -2.29. The Balaban J connectivity index is 1.87. The van der Waals surface area contributed by atoms with Gasteiger partial charge in [-0.2, -0.15) is 0 Å². The molecule has 0 radical (unpaired) electrons. The van der Waals surface area contributed by atoms with E-state index in [1.807, 2.05) is 12.1 Å². The van der Waals surface area contributed by atoms with E-state index in [-0.39, 0.29) is 12.5 Å². The Labute approximate surface area is 124 Å². The summed E-state index contributed by atoms with van der Waals surface area (Å²) in [6.45, 7) is 2.45. The number of nitrogens with two attached hydrogens (primary N) is 1. The van der Waals surface area contributed by atoms with Crippen LogP contribution < -0.4 is 16.0 Å². The Morgan fingerprint density at radius 2 is 2.10 bits per heavy atom. The number of ether oxygens (including phenoxy) is 1. The molecule has 112 valence electrons. The molecule has 0 aliphatic rings. The normalized spacial score (nSPS) is 10.4. The average Bonchev–Trinajstić information content (AvgIpc) is 3.00. The van der Waals surface area contributed by atoms with E-state index in [1.54, 1.807) is 6.07 Å². The lowest BCUT2D eigenvalue weighted by atomic mass is 10.1. The Morgan fingerprint density at radius 1 is 1.33 bits per heavy atom. The van der Waals surface area contributed by atoms with Crippen LogP contribution in [0.3, 0.4) is 0 Å².